The third kappa shape index (κ3) is 7.87. The van der Waals surface area contributed by atoms with Gasteiger partial charge in [0.15, 0.2) is 0 Å². The van der Waals surface area contributed by atoms with E-state index in [4.69, 9.17) is 10.5 Å². The van der Waals surface area contributed by atoms with E-state index in [-0.39, 0.29) is 49.2 Å². The van der Waals surface area contributed by atoms with Gasteiger partial charge in [-0.2, -0.15) is 0 Å². The van der Waals surface area contributed by atoms with Gasteiger partial charge >= 0.3 is 0 Å². The van der Waals surface area contributed by atoms with E-state index in [1.54, 1.807) is 0 Å². The molecule has 29 heavy (non-hydrogen) atoms. The largest absolute Gasteiger partial charge is 0.374 e. The predicted molar refractivity (Wildman–Crippen MR) is 125 cm³/mol. The van der Waals surface area contributed by atoms with Crippen LogP contribution in [0.5, 0.6) is 0 Å². The number of hydrogen-bond acceptors (Lipinski definition) is 5. The van der Waals surface area contributed by atoms with E-state index < -0.39 is 6.04 Å². The van der Waals surface area contributed by atoms with Crippen LogP contribution in [0.1, 0.15) is 25.5 Å². The number of amides is 1. The van der Waals surface area contributed by atoms with Crippen LogP contribution in [-0.4, -0.2) is 85.2 Å². The van der Waals surface area contributed by atoms with Crippen molar-refractivity contribution in [2.24, 2.45) is 5.73 Å². The Balaban J connectivity index is 0.00000261. The Labute approximate surface area is 193 Å². The SMILES string of the molecule is CC(C)N1CCOC(CN2CCN(C(=O)C(N)c3ccccc3)CC2)C1.Cl.Cl.Cl. The second-order valence-electron chi connectivity index (χ2n) is 7.60. The van der Waals surface area contributed by atoms with Gasteiger partial charge < -0.3 is 15.4 Å². The first-order chi connectivity index (χ1) is 12.5. The minimum atomic E-state index is -0.566. The Morgan fingerprint density at radius 1 is 1.07 bits per heavy atom. The molecule has 2 aliphatic rings. The molecule has 2 N–H and O–H groups in total. The Morgan fingerprint density at radius 3 is 2.28 bits per heavy atom. The lowest BCUT2D eigenvalue weighted by Gasteiger charge is -2.40. The minimum Gasteiger partial charge on any atom is -0.374 e. The smallest absolute Gasteiger partial charge is 0.244 e. The maximum absolute atomic E-state index is 12.7. The van der Waals surface area contributed by atoms with Crippen LogP contribution in [0.4, 0.5) is 0 Å². The van der Waals surface area contributed by atoms with Crippen LogP contribution in [0, 0.1) is 0 Å². The van der Waals surface area contributed by atoms with Crippen LogP contribution in [0.2, 0.25) is 0 Å². The van der Waals surface area contributed by atoms with Crippen LogP contribution in [0.3, 0.4) is 0 Å². The van der Waals surface area contributed by atoms with Gasteiger partial charge in [-0.05, 0) is 19.4 Å². The summed E-state index contributed by atoms with van der Waals surface area (Å²) in [6.07, 6.45) is 0.264. The summed E-state index contributed by atoms with van der Waals surface area (Å²) in [5.74, 6) is 0.0238. The van der Waals surface area contributed by atoms with Gasteiger partial charge in [0.05, 0.1) is 12.7 Å². The van der Waals surface area contributed by atoms with Crippen molar-refractivity contribution < 1.29 is 9.53 Å². The van der Waals surface area contributed by atoms with Gasteiger partial charge in [-0.25, -0.2) is 0 Å². The summed E-state index contributed by atoms with van der Waals surface area (Å²) in [6, 6.07) is 9.61. The lowest BCUT2D eigenvalue weighted by molar-refractivity contribution is -0.135. The van der Waals surface area contributed by atoms with E-state index in [1.807, 2.05) is 35.2 Å². The summed E-state index contributed by atoms with van der Waals surface area (Å²) in [6.45, 7) is 11.5. The van der Waals surface area contributed by atoms with Crippen LogP contribution < -0.4 is 5.73 Å². The van der Waals surface area contributed by atoms with Crippen molar-refractivity contribution in [2.45, 2.75) is 32.0 Å². The number of carbonyl (C=O) groups excluding carboxylic acids is 1. The number of morpholine rings is 1. The fraction of sp³-hybridized carbons (Fsp3) is 0.650. The monoisotopic (exact) mass is 468 g/mol. The van der Waals surface area contributed by atoms with Crippen LogP contribution in [-0.2, 0) is 9.53 Å². The van der Waals surface area contributed by atoms with E-state index in [1.165, 1.54) is 0 Å². The van der Waals surface area contributed by atoms with E-state index in [2.05, 4.69) is 23.6 Å². The second-order valence-corrected chi connectivity index (χ2v) is 7.60. The number of halogens is 3. The van der Waals surface area contributed by atoms with Crippen molar-refractivity contribution >= 4 is 43.1 Å². The number of ether oxygens (including phenoxy) is 1. The first-order valence-corrected chi connectivity index (χ1v) is 9.72. The Bertz CT molecular complexity index is 586. The molecule has 0 aromatic heterocycles. The maximum Gasteiger partial charge on any atom is 0.244 e. The summed E-state index contributed by atoms with van der Waals surface area (Å²) in [4.78, 5) is 19.5. The van der Waals surface area contributed by atoms with Crippen LogP contribution in [0.25, 0.3) is 0 Å². The molecule has 2 heterocycles. The molecule has 2 unspecified atom stereocenters. The molecule has 0 saturated carbocycles. The zero-order chi connectivity index (χ0) is 18.5. The van der Waals surface area contributed by atoms with Crippen LogP contribution >= 0.6 is 37.2 Å². The summed E-state index contributed by atoms with van der Waals surface area (Å²) in [5.41, 5.74) is 7.05. The third-order valence-corrected chi connectivity index (χ3v) is 5.47. The summed E-state index contributed by atoms with van der Waals surface area (Å²) >= 11 is 0. The zero-order valence-corrected chi connectivity index (χ0v) is 19.7. The lowest BCUT2D eigenvalue weighted by Crippen LogP contribution is -2.55. The first kappa shape index (κ1) is 28.4. The van der Waals surface area contributed by atoms with E-state index in [0.29, 0.717) is 6.04 Å². The molecule has 2 atom stereocenters. The van der Waals surface area contributed by atoms with E-state index >= 15 is 0 Å². The maximum atomic E-state index is 12.7. The highest BCUT2D eigenvalue weighted by Crippen LogP contribution is 2.16. The number of carbonyl (C=O) groups is 1. The number of hydrogen-bond donors (Lipinski definition) is 1. The lowest BCUT2D eigenvalue weighted by atomic mass is 10.1. The average Bonchev–Trinajstić information content (AvgIpc) is 2.68. The Morgan fingerprint density at radius 2 is 1.69 bits per heavy atom. The summed E-state index contributed by atoms with van der Waals surface area (Å²) < 4.78 is 5.95. The standard InChI is InChI=1S/C20H32N4O2.3ClH/c1-16(2)24-12-13-26-18(15-24)14-22-8-10-23(11-9-22)20(25)19(21)17-6-4-3-5-7-17;;;/h3-7,16,18-19H,8-15,21H2,1-2H3;3*1H. The highest BCUT2D eigenvalue weighted by molar-refractivity contribution is 5.86. The molecule has 168 valence electrons. The highest BCUT2D eigenvalue weighted by atomic mass is 35.5. The van der Waals surface area contributed by atoms with Crippen molar-refractivity contribution in [3.63, 3.8) is 0 Å². The zero-order valence-electron chi connectivity index (χ0n) is 17.2. The van der Waals surface area contributed by atoms with E-state index in [0.717, 1.165) is 58.0 Å². The van der Waals surface area contributed by atoms with Gasteiger partial charge in [0.1, 0.15) is 6.04 Å². The summed E-state index contributed by atoms with van der Waals surface area (Å²) in [5, 5.41) is 0. The molecule has 0 spiro atoms. The first-order valence-electron chi connectivity index (χ1n) is 9.72. The van der Waals surface area contributed by atoms with Crippen molar-refractivity contribution in [3.05, 3.63) is 35.9 Å². The van der Waals surface area contributed by atoms with Crippen molar-refractivity contribution in [2.75, 3.05) is 52.4 Å². The fourth-order valence-electron chi connectivity index (χ4n) is 3.76. The molecule has 1 amide bonds. The number of nitrogens with two attached hydrogens (primary N) is 1. The van der Waals surface area contributed by atoms with Crippen LogP contribution in [0.15, 0.2) is 30.3 Å². The van der Waals surface area contributed by atoms with Crippen molar-refractivity contribution in [3.8, 4) is 0 Å². The number of nitrogens with zero attached hydrogens (tertiary/aromatic N) is 3. The molecule has 2 saturated heterocycles. The molecule has 2 fully saturated rings. The highest BCUT2D eigenvalue weighted by Gasteiger charge is 2.29. The van der Waals surface area contributed by atoms with Gasteiger partial charge in [-0.3, -0.25) is 14.6 Å². The molecule has 3 rings (SSSR count). The molecule has 2 aliphatic heterocycles. The topological polar surface area (TPSA) is 62.0 Å². The number of rotatable bonds is 5. The van der Waals surface area contributed by atoms with Gasteiger partial charge in [0.25, 0.3) is 0 Å². The normalized spacial score (nSPS) is 21.5. The van der Waals surface area contributed by atoms with Gasteiger partial charge in [-0.1, -0.05) is 30.3 Å². The molecular weight excluding hydrogens is 435 g/mol. The van der Waals surface area contributed by atoms with E-state index in [9.17, 15) is 4.79 Å². The fourth-order valence-corrected chi connectivity index (χ4v) is 3.76. The quantitative estimate of drug-likeness (QED) is 0.716. The minimum absolute atomic E-state index is 0. The predicted octanol–water partition coefficient (Wildman–Crippen LogP) is 2.21. The molecule has 1 aromatic rings. The molecule has 0 radical (unpaired) electrons. The second kappa shape index (κ2) is 13.7. The molecule has 0 bridgehead atoms. The number of benzene rings is 1. The Hall–Kier alpha value is -0.600. The van der Waals surface area contributed by atoms with Gasteiger partial charge in [0, 0.05) is 51.9 Å². The molecule has 6 nitrogen and oxygen atoms in total. The van der Waals surface area contributed by atoms with Gasteiger partial charge in [0.2, 0.25) is 5.91 Å². The molecule has 1 aromatic carbocycles. The number of piperazine rings is 1. The van der Waals surface area contributed by atoms with Crippen molar-refractivity contribution in [1.29, 1.82) is 0 Å². The molecule has 9 heteroatoms. The van der Waals surface area contributed by atoms with Gasteiger partial charge in [-0.15, -0.1) is 37.2 Å². The third-order valence-electron chi connectivity index (χ3n) is 5.47. The Kier molecular flexibility index (Phi) is 13.4. The summed E-state index contributed by atoms with van der Waals surface area (Å²) in [7, 11) is 0. The average molecular weight is 470 g/mol. The van der Waals surface area contributed by atoms with Crippen molar-refractivity contribution in [1.82, 2.24) is 14.7 Å². The molecular formula is C20H35Cl3N4O2. The molecule has 0 aliphatic carbocycles.